The lowest BCUT2D eigenvalue weighted by Gasteiger charge is -2.10. The first kappa shape index (κ1) is 31.9. The summed E-state index contributed by atoms with van der Waals surface area (Å²) >= 11 is 1.80. The van der Waals surface area contributed by atoms with Crippen molar-refractivity contribution < 1.29 is 4.42 Å². The third-order valence-electron chi connectivity index (χ3n) is 11.0. The number of para-hydroxylation sites is 2. The highest BCUT2D eigenvalue weighted by Crippen LogP contribution is 2.43. The van der Waals surface area contributed by atoms with Crippen LogP contribution in [0.1, 0.15) is 0 Å². The fourth-order valence-corrected chi connectivity index (χ4v) is 9.51. The number of rotatable bonds is 5. The summed E-state index contributed by atoms with van der Waals surface area (Å²) in [4.78, 5) is 15.2. The van der Waals surface area contributed by atoms with Gasteiger partial charge in [-0.3, -0.25) is 0 Å². The van der Waals surface area contributed by atoms with Gasteiger partial charge < -0.3 is 8.98 Å². The van der Waals surface area contributed by atoms with Gasteiger partial charge in [-0.05, 0) is 65.7 Å². The van der Waals surface area contributed by atoms with E-state index in [1.807, 2.05) is 60.7 Å². The number of thiophene rings is 1. The number of hydrogen-bond donors (Lipinski definition) is 0. The molecule has 8 aromatic carbocycles. The Balaban J connectivity index is 1.03. The molecular formula is C51H30N4OS. The first-order valence-corrected chi connectivity index (χ1v) is 19.8. The second-order valence-corrected chi connectivity index (χ2v) is 15.5. The van der Waals surface area contributed by atoms with Crippen LogP contribution < -0.4 is 0 Å². The SMILES string of the molecule is c1ccc(-c2nc(-c3ccccc3)nc(-c3cccc4sc5ccc(-c6ccc7oc8cc9c(cc8c7c6)c6ccccc6n9-c6ccccc6)cc5c34)n2)cc1. The Hall–Kier alpha value is -7.41. The molecular weight excluding hydrogens is 717 g/mol. The van der Waals surface area contributed by atoms with Gasteiger partial charge >= 0.3 is 0 Å². The van der Waals surface area contributed by atoms with Crippen molar-refractivity contribution in [1.29, 1.82) is 0 Å². The van der Waals surface area contributed by atoms with Crippen LogP contribution in [0.25, 0.3) is 115 Å². The molecule has 12 aromatic rings. The van der Waals surface area contributed by atoms with Crippen LogP contribution in [0.5, 0.6) is 0 Å². The molecule has 0 amide bonds. The molecule has 4 aromatic heterocycles. The van der Waals surface area contributed by atoms with Crippen LogP contribution in [0.15, 0.2) is 186 Å². The van der Waals surface area contributed by atoms with Crippen LogP contribution in [-0.4, -0.2) is 19.5 Å². The minimum Gasteiger partial charge on any atom is -0.456 e. The zero-order chi connectivity index (χ0) is 37.5. The largest absolute Gasteiger partial charge is 0.456 e. The number of aromatic nitrogens is 4. The Labute approximate surface area is 330 Å². The summed E-state index contributed by atoms with van der Waals surface area (Å²) in [6.45, 7) is 0. The molecule has 0 radical (unpaired) electrons. The molecule has 0 aliphatic heterocycles. The van der Waals surface area contributed by atoms with Gasteiger partial charge in [-0.1, -0.05) is 121 Å². The van der Waals surface area contributed by atoms with Crippen LogP contribution in [0.3, 0.4) is 0 Å². The average molecular weight is 747 g/mol. The minimum atomic E-state index is 0.652. The monoisotopic (exact) mass is 746 g/mol. The molecule has 266 valence electrons. The quantitative estimate of drug-likeness (QED) is 0.176. The number of fused-ring (bicyclic) bond motifs is 9. The summed E-state index contributed by atoms with van der Waals surface area (Å²) in [5.74, 6) is 1.96. The van der Waals surface area contributed by atoms with Crippen LogP contribution >= 0.6 is 11.3 Å². The Morgan fingerprint density at radius 3 is 1.77 bits per heavy atom. The molecule has 57 heavy (non-hydrogen) atoms. The lowest BCUT2D eigenvalue weighted by atomic mass is 9.99. The average Bonchev–Trinajstić information content (AvgIpc) is 3.94. The fraction of sp³-hybridized carbons (Fsp3) is 0. The summed E-state index contributed by atoms with van der Waals surface area (Å²) in [5, 5.41) is 6.97. The van der Waals surface area contributed by atoms with E-state index in [-0.39, 0.29) is 0 Å². The smallest absolute Gasteiger partial charge is 0.164 e. The summed E-state index contributed by atoms with van der Waals surface area (Å²) in [6, 6.07) is 63.8. The number of furan rings is 1. The van der Waals surface area contributed by atoms with E-state index in [2.05, 4.69) is 126 Å². The van der Waals surface area contributed by atoms with Crippen LogP contribution in [0.4, 0.5) is 0 Å². The third-order valence-corrected chi connectivity index (χ3v) is 12.2. The summed E-state index contributed by atoms with van der Waals surface area (Å²) in [6.07, 6.45) is 0. The van der Waals surface area contributed by atoms with E-state index in [4.69, 9.17) is 19.4 Å². The van der Waals surface area contributed by atoms with Gasteiger partial charge in [0.15, 0.2) is 17.5 Å². The number of benzene rings is 8. The van der Waals surface area contributed by atoms with E-state index in [0.717, 1.165) is 66.3 Å². The zero-order valence-corrected chi connectivity index (χ0v) is 31.2. The molecule has 6 heteroatoms. The first-order valence-electron chi connectivity index (χ1n) is 19.0. The highest BCUT2D eigenvalue weighted by Gasteiger charge is 2.19. The lowest BCUT2D eigenvalue weighted by Crippen LogP contribution is -2.00. The molecule has 0 fully saturated rings. The molecule has 0 aliphatic carbocycles. The molecule has 5 nitrogen and oxygen atoms in total. The minimum absolute atomic E-state index is 0.652. The van der Waals surface area contributed by atoms with E-state index in [0.29, 0.717) is 17.5 Å². The van der Waals surface area contributed by atoms with Crippen molar-refractivity contribution in [3.63, 3.8) is 0 Å². The third kappa shape index (κ3) is 5.12. The molecule has 0 saturated carbocycles. The Kier molecular flexibility index (Phi) is 7.03. The van der Waals surface area contributed by atoms with Gasteiger partial charge in [0.25, 0.3) is 0 Å². The van der Waals surface area contributed by atoms with Crippen molar-refractivity contribution in [3.8, 4) is 51.0 Å². The maximum Gasteiger partial charge on any atom is 0.164 e. The van der Waals surface area contributed by atoms with E-state index in [9.17, 15) is 0 Å². The molecule has 0 atom stereocenters. The van der Waals surface area contributed by atoms with Crippen LogP contribution in [0, 0.1) is 0 Å². The van der Waals surface area contributed by atoms with Crippen molar-refractivity contribution >= 4 is 75.3 Å². The molecule has 0 bridgehead atoms. The van der Waals surface area contributed by atoms with Gasteiger partial charge in [0, 0.05) is 70.2 Å². The topological polar surface area (TPSA) is 56.7 Å². The highest BCUT2D eigenvalue weighted by molar-refractivity contribution is 7.26. The lowest BCUT2D eigenvalue weighted by molar-refractivity contribution is 0.669. The maximum atomic E-state index is 6.57. The summed E-state index contributed by atoms with van der Waals surface area (Å²) < 4.78 is 11.3. The molecule has 0 unspecified atom stereocenters. The van der Waals surface area contributed by atoms with Crippen molar-refractivity contribution in [3.05, 3.63) is 182 Å². The van der Waals surface area contributed by atoms with Crippen LogP contribution in [0.2, 0.25) is 0 Å². The van der Waals surface area contributed by atoms with Gasteiger partial charge in [0.1, 0.15) is 11.2 Å². The van der Waals surface area contributed by atoms with Crippen molar-refractivity contribution in [2.75, 3.05) is 0 Å². The van der Waals surface area contributed by atoms with Gasteiger partial charge in [0.2, 0.25) is 0 Å². The molecule has 0 aliphatic rings. The Morgan fingerprint density at radius 2 is 1.02 bits per heavy atom. The highest BCUT2D eigenvalue weighted by atomic mass is 32.1. The van der Waals surface area contributed by atoms with Crippen molar-refractivity contribution in [1.82, 2.24) is 19.5 Å². The van der Waals surface area contributed by atoms with Gasteiger partial charge in [-0.2, -0.15) is 0 Å². The number of nitrogens with zero attached hydrogens (tertiary/aromatic N) is 4. The fourth-order valence-electron chi connectivity index (χ4n) is 8.40. The van der Waals surface area contributed by atoms with E-state index < -0.39 is 0 Å². The van der Waals surface area contributed by atoms with Crippen molar-refractivity contribution in [2.45, 2.75) is 0 Å². The Bertz CT molecular complexity index is 3460. The van der Waals surface area contributed by atoms with E-state index in [1.54, 1.807) is 11.3 Å². The van der Waals surface area contributed by atoms with Crippen LogP contribution in [-0.2, 0) is 0 Å². The number of hydrogen-bond acceptors (Lipinski definition) is 5. The Morgan fingerprint density at radius 1 is 0.386 bits per heavy atom. The summed E-state index contributed by atoms with van der Waals surface area (Å²) in [5.41, 5.74) is 10.4. The zero-order valence-electron chi connectivity index (χ0n) is 30.4. The van der Waals surface area contributed by atoms with Crippen molar-refractivity contribution in [2.24, 2.45) is 0 Å². The molecule has 12 rings (SSSR count). The predicted octanol–water partition coefficient (Wildman–Crippen LogP) is 13.9. The second-order valence-electron chi connectivity index (χ2n) is 14.4. The van der Waals surface area contributed by atoms with E-state index in [1.165, 1.54) is 31.1 Å². The standard InChI is InChI=1S/C51H30N4OS/c1-4-13-31(14-5-1)49-52-50(32-15-6-2-7-16-32)54-51(53-49)37-20-12-22-47-48(37)41-28-34(24-26-46(41)57-47)33-23-25-44-39(27-33)40-29-38-36-19-10-11-21-42(36)55(35-17-8-3-9-18-35)43(38)30-45(40)56-44/h1-30H. The molecule has 4 heterocycles. The first-order chi connectivity index (χ1) is 28.2. The van der Waals surface area contributed by atoms with Gasteiger partial charge in [-0.25, -0.2) is 15.0 Å². The normalized spacial score (nSPS) is 11.9. The molecule has 0 spiro atoms. The predicted molar refractivity (Wildman–Crippen MR) is 236 cm³/mol. The summed E-state index contributed by atoms with van der Waals surface area (Å²) in [7, 11) is 0. The van der Waals surface area contributed by atoms with Gasteiger partial charge in [0.05, 0.1) is 11.0 Å². The van der Waals surface area contributed by atoms with E-state index >= 15 is 0 Å². The van der Waals surface area contributed by atoms with Gasteiger partial charge in [-0.15, -0.1) is 11.3 Å². The molecule has 0 N–H and O–H groups in total. The molecule has 0 saturated heterocycles. The second kappa shape index (κ2) is 12.6. The maximum absolute atomic E-state index is 6.57.